The van der Waals surface area contributed by atoms with Crippen LogP contribution in [0.5, 0.6) is 0 Å². The molecule has 17 heavy (non-hydrogen) atoms. The molecule has 0 radical (unpaired) electrons. The molecule has 0 fully saturated rings. The van der Waals surface area contributed by atoms with Crippen molar-refractivity contribution in [2.24, 2.45) is 5.92 Å². The van der Waals surface area contributed by atoms with Crippen molar-refractivity contribution < 1.29 is 0 Å². The van der Waals surface area contributed by atoms with Gasteiger partial charge in [0.15, 0.2) is 5.13 Å². The van der Waals surface area contributed by atoms with E-state index in [-0.39, 0.29) is 0 Å². The number of nitrogens with zero attached hydrogens (tertiary/aromatic N) is 1. The van der Waals surface area contributed by atoms with E-state index in [9.17, 15) is 0 Å². The highest BCUT2D eigenvalue weighted by Crippen LogP contribution is 2.32. The van der Waals surface area contributed by atoms with Crippen LogP contribution in [-0.4, -0.2) is 4.98 Å². The van der Waals surface area contributed by atoms with Crippen LogP contribution in [0.3, 0.4) is 0 Å². The first-order valence-corrected chi connectivity index (χ1v) is 7.18. The summed E-state index contributed by atoms with van der Waals surface area (Å²) in [5.41, 5.74) is 7.99. The number of halogens is 1. The van der Waals surface area contributed by atoms with Gasteiger partial charge in [-0.1, -0.05) is 41.9 Å². The summed E-state index contributed by atoms with van der Waals surface area (Å²) in [7, 11) is 0. The van der Waals surface area contributed by atoms with Gasteiger partial charge in [-0.2, -0.15) is 0 Å². The fraction of sp³-hybridized carbons (Fsp3) is 0.308. The van der Waals surface area contributed by atoms with Crippen molar-refractivity contribution in [3.05, 3.63) is 33.6 Å². The minimum Gasteiger partial charge on any atom is -0.375 e. The van der Waals surface area contributed by atoms with Crippen molar-refractivity contribution in [2.75, 3.05) is 5.73 Å². The van der Waals surface area contributed by atoms with Gasteiger partial charge in [0.05, 0.1) is 5.69 Å². The number of aromatic nitrogens is 1. The topological polar surface area (TPSA) is 38.9 Å². The van der Waals surface area contributed by atoms with Crippen LogP contribution >= 0.6 is 27.3 Å². The van der Waals surface area contributed by atoms with Crippen molar-refractivity contribution in [1.29, 1.82) is 0 Å². The molecular weight excluding hydrogens is 296 g/mol. The summed E-state index contributed by atoms with van der Waals surface area (Å²) in [6.07, 6.45) is 1.03. The molecule has 1 heterocycles. The van der Waals surface area contributed by atoms with E-state index in [2.05, 4.69) is 46.9 Å². The molecule has 2 rings (SSSR count). The zero-order valence-electron chi connectivity index (χ0n) is 9.90. The molecule has 0 amide bonds. The summed E-state index contributed by atoms with van der Waals surface area (Å²) >= 11 is 5.04. The van der Waals surface area contributed by atoms with Crippen LogP contribution in [0, 0.1) is 5.92 Å². The number of nitrogens with two attached hydrogens (primary N) is 1. The molecule has 4 heteroatoms. The summed E-state index contributed by atoms with van der Waals surface area (Å²) in [5.74, 6) is 0.615. The monoisotopic (exact) mass is 310 g/mol. The average molecular weight is 311 g/mol. The first-order chi connectivity index (χ1) is 8.06. The van der Waals surface area contributed by atoms with E-state index in [0.717, 1.165) is 22.2 Å². The molecule has 90 valence electrons. The Labute approximate surface area is 114 Å². The third kappa shape index (κ3) is 3.07. The first kappa shape index (κ1) is 12.6. The summed E-state index contributed by atoms with van der Waals surface area (Å²) < 4.78 is 1.08. The van der Waals surface area contributed by atoms with Crippen LogP contribution in [-0.2, 0) is 6.42 Å². The highest BCUT2D eigenvalue weighted by molar-refractivity contribution is 9.10. The molecular formula is C13H15BrN2S. The van der Waals surface area contributed by atoms with Crippen molar-refractivity contribution in [2.45, 2.75) is 20.3 Å². The molecule has 0 aliphatic rings. The van der Waals surface area contributed by atoms with E-state index in [1.807, 2.05) is 12.1 Å². The average Bonchev–Trinajstić information content (AvgIpc) is 2.59. The maximum absolute atomic E-state index is 5.82. The first-order valence-electron chi connectivity index (χ1n) is 5.57. The lowest BCUT2D eigenvalue weighted by Gasteiger charge is -2.05. The number of thiazole rings is 1. The summed E-state index contributed by atoms with van der Waals surface area (Å²) in [5, 5.41) is 0.651. The SMILES string of the molecule is CC(C)Cc1sc(N)nc1-c1ccc(Br)cc1. The third-order valence-corrected chi connectivity index (χ3v) is 3.86. The van der Waals surface area contributed by atoms with Gasteiger partial charge in [0.25, 0.3) is 0 Å². The van der Waals surface area contributed by atoms with Crippen molar-refractivity contribution in [3.63, 3.8) is 0 Å². The fourth-order valence-electron chi connectivity index (χ4n) is 1.71. The second-order valence-corrected chi connectivity index (χ2v) is 6.46. The van der Waals surface area contributed by atoms with E-state index in [1.54, 1.807) is 11.3 Å². The summed E-state index contributed by atoms with van der Waals surface area (Å²) in [6, 6.07) is 8.21. The number of nitrogen functional groups attached to an aromatic ring is 1. The zero-order chi connectivity index (χ0) is 12.4. The predicted octanol–water partition coefficient (Wildman–Crippen LogP) is 4.35. The number of rotatable bonds is 3. The summed E-state index contributed by atoms with van der Waals surface area (Å²) in [4.78, 5) is 5.72. The molecule has 0 bridgehead atoms. The lowest BCUT2D eigenvalue weighted by molar-refractivity contribution is 0.654. The predicted molar refractivity (Wildman–Crippen MR) is 78.2 cm³/mol. The molecule has 2 nitrogen and oxygen atoms in total. The van der Waals surface area contributed by atoms with Crippen LogP contribution in [0.1, 0.15) is 18.7 Å². The Hall–Kier alpha value is -0.870. The van der Waals surface area contributed by atoms with Gasteiger partial charge in [-0.3, -0.25) is 0 Å². The Bertz CT molecular complexity index is 503. The molecule has 0 saturated heterocycles. The molecule has 2 aromatic rings. The maximum atomic E-state index is 5.82. The minimum absolute atomic E-state index is 0.615. The third-order valence-electron chi connectivity index (χ3n) is 2.43. The van der Waals surface area contributed by atoms with E-state index in [1.165, 1.54) is 4.88 Å². The second kappa shape index (κ2) is 5.19. The Morgan fingerprint density at radius 3 is 2.53 bits per heavy atom. The lowest BCUT2D eigenvalue weighted by atomic mass is 10.1. The lowest BCUT2D eigenvalue weighted by Crippen LogP contribution is -1.93. The largest absolute Gasteiger partial charge is 0.375 e. The minimum atomic E-state index is 0.615. The smallest absolute Gasteiger partial charge is 0.180 e. The van der Waals surface area contributed by atoms with Gasteiger partial charge in [-0.05, 0) is 24.5 Å². The normalized spacial score (nSPS) is 11.1. The van der Waals surface area contributed by atoms with E-state index in [4.69, 9.17) is 5.73 Å². The van der Waals surface area contributed by atoms with Crippen molar-refractivity contribution in [3.8, 4) is 11.3 Å². The fourth-order valence-corrected chi connectivity index (χ4v) is 3.04. The van der Waals surface area contributed by atoms with Gasteiger partial charge in [-0.15, -0.1) is 11.3 Å². The van der Waals surface area contributed by atoms with Crippen molar-refractivity contribution >= 4 is 32.4 Å². The molecule has 0 unspecified atom stereocenters. The van der Waals surface area contributed by atoms with Crippen LogP contribution in [0.2, 0.25) is 0 Å². The number of hydrogen-bond donors (Lipinski definition) is 1. The number of hydrogen-bond acceptors (Lipinski definition) is 3. The van der Waals surface area contributed by atoms with E-state index in [0.29, 0.717) is 11.0 Å². The van der Waals surface area contributed by atoms with Gasteiger partial charge in [0, 0.05) is 14.9 Å². The molecule has 0 aliphatic carbocycles. The second-order valence-electron chi connectivity index (χ2n) is 4.43. The Kier molecular flexibility index (Phi) is 3.84. The van der Waals surface area contributed by atoms with Gasteiger partial charge in [-0.25, -0.2) is 4.98 Å². The van der Waals surface area contributed by atoms with E-state index >= 15 is 0 Å². The maximum Gasteiger partial charge on any atom is 0.180 e. The Morgan fingerprint density at radius 2 is 1.94 bits per heavy atom. The van der Waals surface area contributed by atoms with Crippen LogP contribution in [0.25, 0.3) is 11.3 Å². The Morgan fingerprint density at radius 1 is 1.29 bits per heavy atom. The molecule has 1 aromatic heterocycles. The van der Waals surface area contributed by atoms with Crippen molar-refractivity contribution in [1.82, 2.24) is 4.98 Å². The molecule has 2 N–H and O–H groups in total. The van der Waals surface area contributed by atoms with Gasteiger partial charge in [0.2, 0.25) is 0 Å². The quantitative estimate of drug-likeness (QED) is 0.915. The van der Waals surface area contributed by atoms with Crippen LogP contribution < -0.4 is 5.73 Å². The van der Waals surface area contributed by atoms with Gasteiger partial charge >= 0.3 is 0 Å². The van der Waals surface area contributed by atoms with Gasteiger partial charge in [0.1, 0.15) is 0 Å². The van der Waals surface area contributed by atoms with Crippen LogP contribution in [0.4, 0.5) is 5.13 Å². The number of anilines is 1. The van der Waals surface area contributed by atoms with E-state index < -0.39 is 0 Å². The zero-order valence-corrected chi connectivity index (χ0v) is 12.3. The molecule has 0 aliphatic heterocycles. The highest BCUT2D eigenvalue weighted by Gasteiger charge is 2.12. The molecule has 0 atom stereocenters. The number of benzene rings is 1. The molecule has 0 saturated carbocycles. The Balaban J connectivity index is 2.40. The summed E-state index contributed by atoms with van der Waals surface area (Å²) in [6.45, 7) is 4.42. The highest BCUT2D eigenvalue weighted by atomic mass is 79.9. The molecule has 1 aromatic carbocycles. The molecule has 0 spiro atoms. The standard InChI is InChI=1S/C13H15BrN2S/c1-8(2)7-11-12(16-13(15)17-11)9-3-5-10(14)6-4-9/h3-6,8H,7H2,1-2H3,(H2,15,16). The van der Waals surface area contributed by atoms with Gasteiger partial charge < -0.3 is 5.73 Å². The van der Waals surface area contributed by atoms with Crippen LogP contribution in [0.15, 0.2) is 28.7 Å².